The van der Waals surface area contributed by atoms with Crippen LogP contribution in [0, 0.1) is 6.92 Å². The van der Waals surface area contributed by atoms with Crippen molar-refractivity contribution in [2.75, 3.05) is 0 Å². The van der Waals surface area contributed by atoms with Crippen LogP contribution < -0.4 is 9.47 Å². The normalized spacial score (nSPS) is 12.6. The quantitative estimate of drug-likeness (QED) is 0.136. The van der Waals surface area contributed by atoms with Crippen molar-refractivity contribution in [1.82, 2.24) is 0 Å². The second-order valence-corrected chi connectivity index (χ2v) is 11.3. The predicted octanol–water partition coefficient (Wildman–Crippen LogP) is 8.69. The minimum Gasteiger partial charge on any atom is -0.508 e. The monoisotopic (exact) mass is 620 g/mol. The third-order valence-corrected chi connectivity index (χ3v) is 8.63. The van der Waals surface area contributed by atoms with Gasteiger partial charge in [-0.2, -0.15) is 0 Å². The lowest BCUT2D eigenvalue weighted by atomic mass is 9.91. The van der Waals surface area contributed by atoms with Crippen LogP contribution in [0.25, 0.3) is 43.8 Å². The molecule has 7 heteroatoms. The summed E-state index contributed by atoms with van der Waals surface area (Å²) in [5.41, 5.74) is 7.15. The molecule has 2 heterocycles. The molecule has 0 saturated carbocycles. The Morgan fingerprint density at radius 2 is 0.976 bits per heavy atom. The van der Waals surface area contributed by atoms with Crippen molar-refractivity contribution >= 4 is 37.5 Å². The minimum absolute atomic E-state index is 0.226. The van der Waals surface area contributed by atoms with E-state index in [-0.39, 0.29) is 23.0 Å². The first-order chi connectivity index (χ1) is 20.3. The summed E-state index contributed by atoms with van der Waals surface area (Å²) in [6.45, 7) is 2.87. The molecular formula is C35H25BrO6. The lowest BCUT2D eigenvalue weighted by Crippen LogP contribution is -2.07. The summed E-state index contributed by atoms with van der Waals surface area (Å²) < 4.78 is 12.6. The van der Waals surface area contributed by atoms with Crippen LogP contribution >= 0.6 is 15.9 Å². The highest BCUT2D eigenvalue weighted by molar-refractivity contribution is 9.10. The molecule has 6 aromatic carbocycles. The topological polar surface area (TPSA) is 99.4 Å². The number of phenolic OH excluding ortho intramolecular Hbond substituents is 4. The van der Waals surface area contributed by atoms with E-state index >= 15 is 0 Å². The van der Waals surface area contributed by atoms with E-state index in [9.17, 15) is 20.4 Å². The molecular weight excluding hydrogens is 596 g/mol. The maximum absolute atomic E-state index is 9.68. The summed E-state index contributed by atoms with van der Waals surface area (Å²) in [5, 5.41) is 42.5. The van der Waals surface area contributed by atoms with Crippen molar-refractivity contribution in [3.63, 3.8) is 0 Å². The Labute approximate surface area is 249 Å². The van der Waals surface area contributed by atoms with E-state index in [1.165, 1.54) is 0 Å². The number of phenols is 4. The van der Waals surface area contributed by atoms with Gasteiger partial charge in [-0.3, -0.25) is 0 Å². The number of fused-ring (bicyclic) bond motifs is 8. The van der Waals surface area contributed by atoms with Gasteiger partial charge in [-0.25, -0.2) is 0 Å². The molecule has 0 aliphatic carbocycles. The molecule has 0 aromatic heterocycles. The summed E-state index contributed by atoms with van der Waals surface area (Å²) in [5.74, 6) is 2.60. The molecule has 6 aromatic rings. The fourth-order valence-corrected chi connectivity index (χ4v) is 6.49. The molecule has 208 valence electrons. The van der Waals surface area contributed by atoms with Gasteiger partial charge in [0, 0.05) is 27.6 Å². The van der Waals surface area contributed by atoms with E-state index in [1.807, 2.05) is 37.3 Å². The van der Waals surface area contributed by atoms with Crippen molar-refractivity contribution in [1.29, 1.82) is 0 Å². The average Bonchev–Trinajstić information content (AvgIpc) is 2.98. The van der Waals surface area contributed by atoms with E-state index in [2.05, 4.69) is 22.0 Å². The Morgan fingerprint density at radius 3 is 1.57 bits per heavy atom. The summed E-state index contributed by atoms with van der Waals surface area (Å²) >= 11 is 3.58. The van der Waals surface area contributed by atoms with Gasteiger partial charge in [0.2, 0.25) is 0 Å². The Morgan fingerprint density at radius 1 is 0.524 bits per heavy atom. The van der Waals surface area contributed by atoms with Gasteiger partial charge in [0.15, 0.2) is 0 Å². The molecule has 0 amide bonds. The lowest BCUT2D eigenvalue weighted by molar-refractivity contribution is 0.300. The number of ether oxygens (including phenoxy) is 2. The Balaban J connectivity index is 0.000000137. The van der Waals surface area contributed by atoms with Crippen LogP contribution in [0.3, 0.4) is 0 Å². The first-order valence-electron chi connectivity index (χ1n) is 13.4. The molecule has 0 fully saturated rings. The molecule has 0 spiro atoms. The van der Waals surface area contributed by atoms with Crippen LogP contribution in [0.4, 0.5) is 0 Å². The Hall–Kier alpha value is -4.88. The van der Waals surface area contributed by atoms with Crippen LogP contribution in [-0.2, 0) is 13.2 Å². The zero-order chi connectivity index (χ0) is 29.1. The molecule has 0 bridgehead atoms. The van der Waals surface area contributed by atoms with Crippen molar-refractivity contribution in [2.45, 2.75) is 20.1 Å². The van der Waals surface area contributed by atoms with Gasteiger partial charge >= 0.3 is 0 Å². The van der Waals surface area contributed by atoms with E-state index in [1.54, 1.807) is 48.5 Å². The van der Waals surface area contributed by atoms with Gasteiger partial charge in [0.05, 0.1) is 4.47 Å². The smallest absolute Gasteiger partial charge is 0.142 e. The molecule has 0 unspecified atom stereocenters. The van der Waals surface area contributed by atoms with Gasteiger partial charge in [-0.1, -0.05) is 24.3 Å². The zero-order valence-corrected chi connectivity index (χ0v) is 24.1. The summed E-state index contributed by atoms with van der Waals surface area (Å²) in [4.78, 5) is 0. The number of halogens is 1. The lowest BCUT2D eigenvalue weighted by Gasteiger charge is -2.24. The Kier molecular flexibility index (Phi) is 6.13. The maximum atomic E-state index is 9.68. The fraction of sp³-hybridized carbons (Fsp3) is 0.0857. The van der Waals surface area contributed by atoms with Crippen LogP contribution in [-0.4, -0.2) is 20.4 Å². The molecule has 2 aliphatic heterocycles. The summed E-state index contributed by atoms with van der Waals surface area (Å²) in [6, 6.07) is 25.4. The third-order valence-electron chi connectivity index (χ3n) is 7.85. The average molecular weight is 621 g/mol. The van der Waals surface area contributed by atoms with Crippen LogP contribution in [0.5, 0.6) is 34.5 Å². The van der Waals surface area contributed by atoms with Crippen molar-refractivity contribution < 1.29 is 29.9 Å². The van der Waals surface area contributed by atoms with Gasteiger partial charge in [0.1, 0.15) is 47.7 Å². The predicted molar refractivity (Wildman–Crippen MR) is 167 cm³/mol. The Bertz CT molecular complexity index is 1920. The van der Waals surface area contributed by atoms with Gasteiger partial charge in [-0.15, -0.1) is 0 Å². The number of aromatic hydroxyl groups is 4. The van der Waals surface area contributed by atoms with E-state index in [4.69, 9.17) is 9.47 Å². The second-order valence-electron chi connectivity index (χ2n) is 10.5. The van der Waals surface area contributed by atoms with Crippen molar-refractivity contribution in [3.05, 3.63) is 106 Å². The van der Waals surface area contributed by atoms with E-state index in [0.717, 1.165) is 76.5 Å². The molecule has 0 atom stereocenters. The van der Waals surface area contributed by atoms with E-state index < -0.39 is 0 Å². The third kappa shape index (κ3) is 4.33. The maximum Gasteiger partial charge on any atom is 0.142 e. The number of rotatable bonds is 0. The first-order valence-corrected chi connectivity index (χ1v) is 14.2. The molecule has 42 heavy (non-hydrogen) atoms. The largest absolute Gasteiger partial charge is 0.508 e. The van der Waals surface area contributed by atoms with Gasteiger partial charge < -0.3 is 29.9 Å². The second kappa shape index (κ2) is 9.89. The van der Waals surface area contributed by atoms with Gasteiger partial charge in [0.25, 0.3) is 0 Å². The van der Waals surface area contributed by atoms with Crippen molar-refractivity contribution in [3.8, 4) is 56.8 Å². The summed E-state index contributed by atoms with van der Waals surface area (Å²) in [6.07, 6.45) is 0. The minimum atomic E-state index is 0.226. The fourth-order valence-electron chi connectivity index (χ4n) is 5.81. The molecule has 8 rings (SSSR count). The first kappa shape index (κ1) is 26.0. The number of benzene rings is 6. The van der Waals surface area contributed by atoms with Crippen LogP contribution in [0.2, 0.25) is 0 Å². The molecule has 2 aliphatic rings. The van der Waals surface area contributed by atoms with Gasteiger partial charge in [-0.05, 0) is 116 Å². The van der Waals surface area contributed by atoms with Crippen LogP contribution in [0.15, 0.2) is 89.4 Å². The molecule has 0 saturated heterocycles. The molecule has 4 N–H and O–H groups in total. The molecule has 0 radical (unpaired) electrons. The number of hydrogen-bond acceptors (Lipinski definition) is 6. The highest BCUT2D eigenvalue weighted by atomic mass is 79.9. The highest BCUT2D eigenvalue weighted by Crippen LogP contribution is 2.47. The van der Waals surface area contributed by atoms with E-state index in [0.29, 0.717) is 13.2 Å². The molecule has 6 nitrogen and oxygen atoms in total. The summed E-state index contributed by atoms with van der Waals surface area (Å²) in [7, 11) is 0. The van der Waals surface area contributed by atoms with Crippen molar-refractivity contribution in [2.24, 2.45) is 0 Å². The number of hydrogen-bond donors (Lipinski definition) is 4. The SMILES string of the molecule is Cc1c2c(cc3ccc(O)cc13)-c1ccc(O)cc1CO2.Oc1ccc2c(c1)COc1c-2cc2ccc(O)cc2c1Br. The highest BCUT2D eigenvalue weighted by Gasteiger charge is 2.23. The number of aryl methyl sites for hydroxylation is 1. The van der Waals surface area contributed by atoms with Crippen LogP contribution in [0.1, 0.15) is 16.7 Å². The zero-order valence-electron chi connectivity index (χ0n) is 22.5. The standard InChI is InChI=1S/C18H14O3.C17H11BrO3/c1-10-16-8-14(20)3-2-11(16)7-17-15-5-4-13(19)6-12(15)9-21-18(10)17;18-16-14-7-12(20)2-1-9(14)6-15-13-4-3-11(19)5-10(13)8-21-17(15)16/h2-8,19-20H,9H2,1H3;1-7,19-20H,8H2.